The van der Waals surface area contributed by atoms with Crippen molar-refractivity contribution in [3.05, 3.63) is 0 Å². The van der Waals surface area contributed by atoms with E-state index in [1.165, 1.54) is 17.7 Å². The highest BCUT2D eigenvalue weighted by atomic mass is 35.5. The van der Waals surface area contributed by atoms with Gasteiger partial charge < -0.3 is 10.0 Å². The number of hydrogen-bond donors (Lipinski definition) is 1. The predicted molar refractivity (Wildman–Crippen MR) is 45.3 cm³/mol. The summed E-state index contributed by atoms with van der Waals surface area (Å²) >= 11 is 0. The highest BCUT2D eigenvalue weighted by Crippen LogP contribution is 2.21. The molecule has 66 valence electrons. The summed E-state index contributed by atoms with van der Waals surface area (Å²) in [5.74, 6) is 0. The first kappa shape index (κ1) is 10.6. The minimum atomic E-state index is -0.799. The molecule has 1 fully saturated rings. The molecule has 1 rings (SSSR count). The van der Waals surface area contributed by atoms with Crippen LogP contribution in [-0.2, 0) is 0 Å². The Morgan fingerprint density at radius 2 is 1.91 bits per heavy atom. The average Bonchev–Trinajstić information content (AvgIpc) is 2.36. The fourth-order valence-electron chi connectivity index (χ4n) is 1.45. The van der Waals surface area contributed by atoms with Crippen molar-refractivity contribution in [2.45, 2.75) is 31.7 Å². The van der Waals surface area contributed by atoms with Crippen molar-refractivity contribution in [3.63, 3.8) is 0 Å². The molecule has 0 aliphatic heterocycles. The molecule has 0 atom stereocenters. The SMILES string of the molecule is CN(C(=O)O)C1CCCC1.Cl. The van der Waals surface area contributed by atoms with Crippen molar-refractivity contribution >= 4 is 18.5 Å². The third kappa shape index (κ3) is 2.58. The number of rotatable bonds is 1. The van der Waals surface area contributed by atoms with E-state index in [4.69, 9.17) is 5.11 Å². The van der Waals surface area contributed by atoms with Crippen molar-refractivity contribution in [2.24, 2.45) is 0 Å². The van der Waals surface area contributed by atoms with Crippen molar-refractivity contribution in [1.29, 1.82) is 0 Å². The highest BCUT2D eigenvalue weighted by molar-refractivity contribution is 5.85. The van der Waals surface area contributed by atoms with Gasteiger partial charge in [-0.25, -0.2) is 4.79 Å². The molecule has 1 aliphatic rings. The second kappa shape index (κ2) is 4.44. The highest BCUT2D eigenvalue weighted by Gasteiger charge is 2.22. The summed E-state index contributed by atoms with van der Waals surface area (Å²) in [5.41, 5.74) is 0. The van der Waals surface area contributed by atoms with Gasteiger partial charge in [0, 0.05) is 13.1 Å². The fraction of sp³-hybridized carbons (Fsp3) is 0.857. The minimum absolute atomic E-state index is 0. The number of carbonyl (C=O) groups is 1. The van der Waals surface area contributed by atoms with Gasteiger partial charge in [0.2, 0.25) is 0 Å². The molecule has 1 N–H and O–H groups in total. The Hall–Kier alpha value is -0.440. The van der Waals surface area contributed by atoms with Crippen LogP contribution in [-0.4, -0.2) is 29.2 Å². The Kier molecular flexibility index (Phi) is 4.26. The smallest absolute Gasteiger partial charge is 0.407 e. The zero-order valence-corrected chi connectivity index (χ0v) is 7.43. The molecule has 4 heteroatoms. The van der Waals surface area contributed by atoms with E-state index in [2.05, 4.69) is 0 Å². The molecular formula is C7H14ClNO2. The summed E-state index contributed by atoms with van der Waals surface area (Å²) in [7, 11) is 1.65. The third-order valence-electron chi connectivity index (χ3n) is 2.17. The van der Waals surface area contributed by atoms with E-state index >= 15 is 0 Å². The molecule has 11 heavy (non-hydrogen) atoms. The summed E-state index contributed by atoms with van der Waals surface area (Å²) in [5, 5.41) is 8.57. The van der Waals surface area contributed by atoms with E-state index in [-0.39, 0.29) is 18.4 Å². The topological polar surface area (TPSA) is 40.5 Å². The molecule has 0 aromatic carbocycles. The lowest BCUT2D eigenvalue weighted by atomic mass is 10.2. The van der Waals surface area contributed by atoms with Gasteiger partial charge in [0.1, 0.15) is 0 Å². The molecule has 0 aromatic heterocycles. The number of amides is 1. The molecule has 0 heterocycles. The van der Waals surface area contributed by atoms with Crippen LogP contribution in [0.1, 0.15) is 25.7 Å². The maximum Gasteiger partial charge on any atom is 0.407 e. The number of nitrogens with zero attached hydrogens (tertiary/aromatic N) is 1. The van der Waals surface area contributed by atoms with Crippen molar-refractivity contribution in [1.82, 2.24) is 4.90 Å². The Balaban J connectivity index is 0.000001000. The lowest BCUT2D eigenvalue weighted by molar-refractivity contribution is 0.139. The van der Waals surface area contributed by atoms with Crippen LogP contribution < -0.4 is 0 Å². The van der Waals surface area contributed by atoms with E-state index < -0.39 is 6.09 Å². The third-order valence-corrected chi connectivity index (χ3v) is 2.17. The molecule has 3 nitrogen and oxygen atoms in total. The first-order chi connectivity index (χ1) is 4.72. The number of hydrogen-bond acceptors (Lipinski definition) is 1. The average molecular weight is 180 g/mol. The second-order valence-electron chi connectivity index (χ2n) is 2.83. The maximum absolute atomic E-state index is 10.4. The Morgan fingerprint density at radius 3 is 2.27 bits per heavy atom. The van der Waals surface area contributed by atoms with E-state index in [1.54, 1.807) is 7.05 Å². The van der Waals surface area contributed by atoms with E-state index in [0.29, 0.717) is 0 Å². The first-order valence-electron chi connectivity index (χ1n) is 3.67. The Morgan fingerprint density at radius 1 is 1.45 bits per heavy atom. The minimum Gasteiger partial charge on any atom is -0.465 e. The van der Waals surface area contributed by atoms with Gasteiger partial charge in [-0.1, -0.05) is 12.8 Å². The van der Waals surface area contributed by atoms with Gasteiger partial charge >= 0.3 is 6.09 Å². The largest absolute Gasteiger partial charge is 0.465 e. The van der Waals surface area contributed by atoms with Gasteiger partial charge in [-0.15, -0.1) is 12.4 Å². The first-order valence-corrected chi connectivity index (χ1v) is 3.67. The quantitative estimate of drug-likeness (QED) is 0.669. The summed E-state index contributed by atoms with van der Waals surface area (Å²) in [6.07, 6.45) is 3.66. The van der Waals surface area contributed by atoms with Crippen LogP contribution >= 0.6 is 12.4 Å². The van der Waals surface area contributed by atoms with Crippen LogP contribution in [0.5, 0.6) is 0 Å². The predicted octanol–water partition coefficient (Wildman–Crippen LogP) is 1.96. The monoisotopic (exact) mass is 179 g/mol. The standard InChI is InChI=1S/C7H13NO2.ClH/c1-8(7(9)10)6-4-2-3-5-6;/h6H,2-5H2,1H3,(H,9,10);1H. The van der Waals surface area contributed by atoms with Crippen LogP contribution in [0.3, 0.4) is 0 Å². The number of carboxylic acid groups (broad SMARTS) is 1. The number of halogens is 1. The van der Waals surface area contributed by atoms with Crippen molar-refractivity contribution in [2.75, 3.05) is 7.05 Å². The molecular weight excluding hydrogens is 166 g/mol. The van der Waals surface area contributed by atoms with E-state index in [0.717, 1.165) is 12.8 Å². The molecule has 0 unspecified atom stereocenters. The normalized spacial score (nSPS) is 17.5. The lowest BCUT2D eigenvalue weighted by Crippen LogP contribution is -2.33. The summed E-state index contributed by atoms with van der Waals surface area (Å²) in [6.45, 7) is 0. The molecule has 0 aromatic rings. The van der Waals surface area contributed by atoms with Crippen LogP contribution in [0, 0.1) is 0 Å². The molecule has 0 radical (unpaired) electrons. The summed E-state index contributed by atoms with van der Waals surface area (Å²) in [4.78, 5) is 11.8. The molecule has 0 spiro atoms. The Labute approximate surface area is 72.8 Å². The van der Waals surface area contributed by atoms with Gasteiger partial charge in [-0.2, -0.15) is 0 Å². The Bertz CT molecular complexity index is 134. The molecule has 1 saturated carbocycles. The van der Waals surface area contributed by atoms with Gasteiger partial charge in [-0.3, -0.25) is 0 Å². The van der Waals surface area contributed by atoms with Gasteiger partial charge in [0.15, 0.2) is 0 Å². The molecule has 1 amide bonds. The lowest BCUT2D eigenvalue weighted by Gasteiger charge is -2.20. The zero-order valence-electron chi connectivity index (χ0n) is 6.62. The van der Waals surface area contributed by atoms with Crippen molar-refractivity contribution < 1.29 is 9.90 Å². The zero-order chi connectivity index (χ0) is 7.56. The fourth-order valence-corrected chi connectivity index (χ4v) is 1.45. The molecule has 1 aliphatic carbocycles. The van der Waals surface area contributed by atoms with E-state index in [9.17, 15) is 4.79 Å². The van der Waals surface area contributed by atoms with Gasteiger partial charge in [0.05, 0.1) is 0 Å². The molecule has 0 bridgehead atoms. The van der Waals surface area contributed by atoms with Crippen LogP contribution in [0.15, 0.2) is 0 Å². The van der Waals surface area contributed by atoms with Crippen LogP contribution in [0.4, 0.5) is 4.79 Å². The van der Waals surface area contributed by atoms with Gasteiger partial charge in [-0.05, 0) is 12.8 Å². The van der Waals surface area contributed by atoms with E-state index in [1.807, 2.05) is 0 Å². The maximum atomic E-state index is 10.4. The summed E-state index contributed by atoms with van der Waals surface area (Å²) < 4.78 is 0. The molecule has 0 saturated heterocycles. The van der Waals surface area contributed by atoms with Gasteiger partial charge in [0.25, 0.3) is 0 Å². The van der Waals surface area contributed by atoms with Crippen molar-refractivity contribution in [3.8, 4) is 0 Å². The van der Waals surface area contributed by atoms with Crippen LogP contribution in [0.2, 0.25) is 0 Å². The summed E-state index contributed by atoms with van der Waals surface area (Å²) in [6, 6.07) is 0.289. The second-order valence-corrected chi connectivity index (χ2v) is 2.83. The van der Waals surface area contributed by atoms with Crippen LogP contribution in [0.25, 0.3) is 0 Å².